The molecule has 20 heavy (non-hydrogen) atoms. The van der Waals surface area contributed by atoms with Crippen LogP contribution in [0.15, 0.2) is 29.6 Å². The third-order valence-corrected chi connectivity index (χ3v) is 4.41. The molecule has 2 nitrogen and oxygen atoms in total. The highest BCUT2D eigenvalue weighted by Crippen LogP contribution is 2.31. The van der Waals surface area contributed by atoms with E-state index in [4.69, 9.17) is 0 Å². The van der Waals surface area contributed by atoms with Crippen LogP contribution < -0.4 is 5.32 Å². The first-order chi connectivity index (χ1) is 9.63. The van der Waals surface area contributed by atoms with Crippen molar-refractivity contribution in [3.63, 3.8) is 0 Å². The Bertz CT molecular complexity index is 576. The van der Waals surface area contributed by atoms with Gasteiger partial charge in [0.2, 0.25) is 0 Å². The number of nitrogens with one attached hydrogen (secondary N) is 1. The molecular formula is C15H16F2N2S. The summed E-state index contributed by atoms with van der Waals surface area (Å²) < 4.78 is 25.2. The summed E-state index contributed by atoms with van der Waals surface area (Å²) in [5.74, 6) is 0. The molecule has 0 saturated heterocycles. The summed E-state index contributed by atoms with van der Waals surface area (Å²) >= 11 is 1.61. The van der Waals surface area contributed by atoms with E-state index in [1.165, 1.54) is 25.0 Å². The van der Waals surface area contributed by atoms with Crippen molar-refractivity contribution in [1.82, 2.24) is 10.3 Å². The van der Waals surface area contributed by atoms with Gasteiger partial charge in [-0.25, -0.2) is 13.8 Å². The minimum atomic E-state index is -2.42. The Kier molecular flexibility index (Phi) is 3.81. The Hall–Kier alpha value is -1.33. The van der Waals surface area contributed by atoms with Crippen LogP contribution in [0.1, 0.15) is 47.1 Å². The van der Waals surface area contributed by atoms with Gasteiger partial charge in [-0.15, -0.1) is 11.3 Å². The number of benzene rings is 1. The van der Waals surface area contributed by atoms with Gasteiger partial charge >= 0.3 is 0 Å². The Balaban J connectivity index is 1.87. The maximum atomic E-state index is 12.6. The second-order valence-corrected chi connectivity index (χ2v) is 6.06. The van der Waals surface area contributed by atoms with Crippen molar-refractivity contribution in [3.8, 4) is 0 Å². The predicted octanol–water partition coefficient (Wildman–Crippen LogP) is 4.23. The van der Waals surface area contributed by atoms with Crippen LogP contribution in [0, 0.1) is 6.92 Å². The molecular weight excluding hydrogens is 278 g/mol. The summed E-state index contributed by atoms with van der Waals surface area (Å²) in [5.41, 5.74) is 2.06. The monoisotopic (exact) mass is 294 g/mol. The van der Waals surface area contributed by atoms with Crippen LogP contribution in [-0.2, 0) is 0 Å². The van der Waals surface area contributed by atoms with Crippen LogP contribution in [0.5, 0.6) is 0 Å². The van der Waals surface area contributed by atoms with Gasteiger partial charge in [-0.3, -0.25) is 0 Å². The molecule has 1 aliphatic carbocycles. The first-order valence-electron chi connectivity index (χ1n) is 6.69. The minimum absolute atomic E-state index is 0.00734. The van der Waals surface area contributed by atoms with Crippen molar-refractivity contribution in [2.75, 3.05) is 0 Å². The third-order valence-electron chi connectivity index (χ3n) is 3.39. The number of hydrogen-bond donors (Lipinski definition) is 1. The van der Waals surface area contributed by atoms with Crippen molar-refractivity contribution < 1.29 is 8.78 Å². The van der Waals surface area contributed by atoms with Crippen molar-refractivity contribution in [2.45, 2.75) is 38.3 Å². The highest BCUT2D eigenvalue weighted by Gasteiger charge is 2.27. The maximum Gasteiger partial charge on any atom is 0.263 e. The molecule has 1 fully saturated rings. The predicted molar refractivity (Wildman–Crippen MR) is 76.3 cm³/mol. The van der Waals surface area contributed by atoms with E-state index in [1.54, 1.807) is 23.5 Å². The van der Waals surface area contributed by atoms with Crippen LogP contribution >= 0.6 is 11.3 Å². The summed E-state index contributed by atoms with van der Waals surface area (Å²) in [6.07, 6.45) is -0.0626. The Morgan fingerprint density at radius 1 is 1.20 bits per heavy atom. The van der Waals surface area contributed by atoms with Crippen LogP contribution in [0.4, 0.5) is 8.78 Å². The number of aromatic nitrogens is 1. The lowest BCUT2D eigenvalue weighted by Crippen LogP contribution is -2.24. The number of rotatable bonds is 5. The molecule has 3 rings (SSSR count). The molecule has 0 aliphatic heterocycles. The largest absolute Gasteiger partial charge is 0.301 e. The molecule has 2 aromatic rings. The molecule has 1 N–H and O–H groups in total. The van der Waals surface area contributed by atoms with Gasteiger partial charge in [-0.1, -0.05) is 24.3 Å². The van der Waals surface area contributed by atoms with Gasteiger partial charge in [0.25, 0.3) is 6.43 Å². The lowest BCUT2D eigenvalue weighted by molar-refractivity contribution is 0.151. The van der Waals surface area contributed by atoms with Crippen LogP contribution in [-0.4, -0.2) is 11.0 Å². The average molecular weight is 294 g/mol. The van der Waals surface area contributed by atoms with E-state index in [-0.39, 0.29) is 11.6 Å². The second-order valence-electron chi connectivity index (χ2n) is 5.17. The van der Waals surface area contributed by atoms with Gasteiger partial charge in [-0.2, -0.15) is 0 Å². The standard InChI is InChI=1S/C15H16F2N2S/c1-9-8-20-15(18-9)13(19-12-6-7-12)10-2-4-11(5-3-10)14(16)17/h2-5,8,12-14,19H,6-7H2,1H3. The van der Waals surface area contributed by atoms with E-state index < -0.39 is 6.43 Å². The fraction of sp³-hybridized carbons (Fsp3) is 0.400. The molecule has 5 heteroatoms. The highest BCUT2D eigenvalue weighted by atomic mass is 32.1. The third kappa shape index (κ3) is 3.04. The van der Waals surface area contributed by atoms with Crippen molar-refractivity contribution in [2.24, 2.45) is 0 Å². The smallest absolute Gasteiger partial charge is 0.263 e. The van der Waals surface area contributed by atoms with E-state index in [1.807, 2.05) is 12.3 Å². The van der Waals surface area contributed by atoms with E-state index in [0.717, 1.165) is 16.3 Å². The number of halogens is 2. The molecule has 0 amide bonds. The summed E-state index contributed by atoms with van der Waals surface area (Å²) in [4.78, 5) is 4.53. The molecule has 1 heterocycles. The molecule has 0 radical (unpaired) electrons. The molecule has 1 unspecified atom stereocenters. The van der Waals surface area contributed by atoms with E-state index >= 15 is 0 Å². The number of hydrogen-bond acceptors (Lipinski definition) is 3. The number of alkyl halides is 2. The lowest BCUT2D eigenvalue weighted by Gasteiger charge is -2.17. The van der Waals surface area contributed by atoms with E-state index in [0.29, 0.717) is 6.04 Å². The van der Waals surface area contributed by atoms with Crippen LogP contribution in [0.3, 0.4) is 0 Å². The van der Waals surface area contributed by atoms with Gasteiger partial charge < -0.3 is 5.32 Å². The second kappa shape index (κ2) is 5.58. The van der Waals surface area contributed by atoms with Crippen molar-refractivity contribution in [3.05, 3.63) is 51.5 Å². The fourth-order valence-corrected chi connectivity index (χ4v) is 3.02. The summed E-state index contributed by atoms with van der Waals surface area (Å²) in [5, 5.41) is 6.56. The Morgan fingerprint density at radius 2 is 1.85 bits per heavy atom. The van der Waals surface area contributed by atoms with Gasteiger partial charge in [0.15, 0.2) is 0 Å². The number of aryl methyl sites for hydroxylation is 1. The van der Waals surface area contributed by atoms with Gasteiger partial charge in [0, 0.05) is 22.7 Å². The number of thiazole rings is 1. The Labute approximate surface area is 120 Å². The molecule has 106 valence electrons. The zero-order valence-electron chi connectivity index (χ0n) is 11.1. The highest BCUT2D eigenvalue weighted by molar-refractivity contribution is 7.09. The quantitative estimate of drug-likeness (QED) is 0.892. The van der Waals surface area contributed by atoms with Crippen molar-refractivity contribution in [1.29, 1.82) is 0 Å². The summed E-state index contributed by atoms with van der Waals surface area (Å²) in [6.45, 7) is 1.97. The number of nitrogens with zero attached hydrogens (tertiary/aromatic N) is 1. The first-order valence-corrected chi connectivity index (χ1v) is 7.57. The zero-order valence-corrected chi connectivity index (χ0v) is 12.0. The van der Waals surface area contributed by atoms with Crippen LogP contribution in [0.25, 0.3) is 0 Å². The normalized spacial score (nSPS) is 16.6. The molecule has 0 bridgehead atoms. The average Bonchev–Trinajstić information content (AvgIpc) is 3.16. The topological polar surface area (TPSA) is 24.9 Å². The minimum Gasteiger partial charge on any atom is -0.301 e. The SMILES string of the molecule is Cc1csc(C(NC2CC2)c2ccc(C(F)F)cc2)n1. The fourth-order valence-electron chi connectivity index (χ4n) is 2.13. The van der Waals surface area contributed by atoms with Crippen molar-refractivity contribution >= 4 is 11.3 Å². The molecule has 1 aromatic carbocycles. The van der Waals surface area contributed by atoms with E-state index in [9.17, 15) is 8.78 Å². The zero-order chi connectivity index (χ0) is 14.1. The lowest BCUT2D eigenvalue weighted by atomic mass is 10.1. The van der Waals surface area contributed by atoms with Gasteiger partial charge in [0.05, 0.1) is 6.04 Å². The summed E-state index contributed by atoms with van der Waals surface area (Å²) in [7, 11) is 0. The van der Waals surface area contributed by atoms with Crippen LogP contribution in [0.2, 0.25) is 0 Å². The molecule has 1 aromatic heterocycles. The molecule has 0 spiro atoms. The maximum absolute atomic E-state index is 12.6. The van der Waals surface area contributed by atoms with Gasteiger partial charge in [0.1, 0.15) is 5.01 Å². The summed E-state index contributed by atoms with van der Waals surface area (Å²) in [6, 6.07) is 7.09. The molecule has 1 aliphatic rings. The van der Waals surface area contributed by atoms with E-state index in [2.05, 4.69) is 10.3 Å². The van der Waals surface area contributed by atoms with Gasteiger partial charge in [-0.05, 0) is 25.3 Å². The molecule has 1 saturated carbocycles. The Morgan fingerprint density at radius 3 is 2.35 bits per heavy atom. The first kappa shape index (κ1) is 13.6. The molecule has 1 atom stereocenters.